The van der Waals surface area contributed by atoms with Crippen molar-refractivity contribution in [2.24, 2.45) is 11.3 Å². The van der Waals surface area contributed by atoms with Gasteiger partial charge in [0.25, 0.3) is 11.8 Å². The molecule has 1 fully saturated rings. The maximum absolute atomic E-state index is 13.6. The van der Waals surface area contributed by atoms with E-state index in [0.717, 1.165) is 12.2 Å². The molecule has 2 amide bonds. The van der Waals surface area contributed by atoms with Gasteiger partial charge in [-0.15, -0.1) is 0 Å². The molecule has 3 atom stereocenters. The first-order chi connectivity index (χ1) is 17.7. The van der Waals surface area contributed by atoms with Gasteiger partial charge in [0.05, 0.1) is 36.0 Å². The molecule has 5 rings (SSSR count). The fourth-order valence-corrected chi connectivity index (χ4v) is 5.20. The van der Waals surface area contributed by atoms with Gasteiger partial charge in [0.2, 0.25) is 0 Å². The lowest BCUT2D eigenvalue weighted by Crippen LogP contribution is -2.47. The summed E-state index contributed by atoms with van der Waals surface area (Å²) in [6.45, 7) is 10.1. The van der Waals surface area contributed by atoms with Crippen LogP contribution in [0.3, 0.4) is 0 Å². The normalized spacial score (nSPS) is 20.8. The number of nitriles is 1. The van der Waals surface area contributed by atoms with E-state index in [1.165, 1.54) is 18.2 Å². The van der Waals surface area contributed by atoms with Crippen LogP contribution in [0.15, 0.2) is 54.7 Å². The molecule has 37 heavy (non-hydrogen) atoms. The summed E-state index contributed by atoms with van der Waals surface area (Å²) >= 11 is 0. The molecule has 2 aliphatic rings. The van der Waals surface area contributed by atoms with E-state index >= 15 is 0 Å². The number of fused-ring (bicyclic) bond motifs is 1. The Balaban J connectivity index is 1.30. The van der Waals surface area contributed by atoms with E-state index in [0.29, 0.717) is 35.2 Å². The first kappa shape index (κ1) is 24.7. The van der Waals surface area contributed by atoms with Gasteiger partial charge in [0, 0.05) is 24.0 Å². The highest BCUT2D eigenvalue weighted by Gasteiger charge is 2.44. The van der Waals surface area contributed by atoms with Crippen LogP contribution in [0.1, 0.15) is 66.1 Å². The number of anilines is 2. The van der Waals surface area contributed by atoms with Crippen molar-refractivity contribution < 1.29 is 9.59 Å². The number of hydrogen-bond donors (Lipinski definition) is 2. The molecule has 8 heteroatoms. The van der Waals surface area contributed by atoms with Crippen molar-refractivity contribution in [3.63, 3.8) is 0 Å². The Hall–Kier alpha value is -3.96. The number of aromatic nitrogens is 2. The molecule has 8 nitrogen and oxygen atoms in total. The SMILES string of the molecule is C[C@H]1Cn2ncc(C(=O)Nc3cccc(C#N)c3)c2C(=O)N1c1ccc(CNC2CC2C(C)(C)C)cc1. The van der Waals surface area contributed by atoms with Crippen LogP contribution in [0.2, 0.25) is 0 Å². The molecule has 0 saturated heterocycles. The summed E-state index contributed by atoms with van der Waals surface area (Å²) in [7, 11) is 0. The van der Waals surface area contributed by atoms with E-state index in [4.69, 9.17) is 5.26 Å². The maximum atomic E-state index is 13.6. The Morgan fingerprint density at radius 1 is 1.19 bits per heavy atom. The highest BCUT2D eigenvalue weighted by molar-refractivity contribution is 6.15. The predicted octanol–water partition coefficient (Wildman–Crippen LogP) is 4.58. The summed E-state index contributed by atoms with van der Waals surface area (Å²) in [5.74, 6) is 0.0171. The molecule has 0 bridgehead atoms. The third-order valence-electron chi connectivity index (χ3n) is 7.32. The van der Waals surface area contributed by atoms with Crippen molar-refractivity contribution in [3.05, 3.63) is 77.1 Å². The second kappa shape index (κ2) is 9.49. The van der Waals surface area contributed by atoms with E-state index in [1.807, 2.05) is 19.1 Å². The van der Waals surface area contributed by atoms with Gasteiger partial charge in [-0.2, -0.15) is 10.4 Å². The van der Waals surface area contributed by atoms with Gasteiger partial charge in [-0.3, -0.25) is 14.3 Å². The fourth-order valence-electron chi connectivity index (χ4n) is 5.20. The van der Waals surface area contributed by atoms with Crippen molar-refractivity contribution in [3.8, 4) is 6.07 Å². The number of benzene rings is 2. The zero-order valence-corrected chi connectivity index (χ0v) is 21.7. The van der Waals surface area contributed by atoms with Gasteiger partial charge in [0.1, 0.15) is 5.69 Å². The van der Waals surface area contributed by atoms with Crippen LogP contribution in [-0.4, -0.2) is 33.7 Å². The molecule has 1 aliphatic carbocycles. The molecule has 2 aromatic carbocycles. The number of amides is 2. The smallest absolute Gasteiger partial charge is 0.277 e. The molecule has 1 aromatic heterocycles. The zero-order valence-electron chi connectivity index (χ0n) is 21.7. The second-order valence-corrected chi connectivity index (χ2v) is 11.1. The first-order valence-corrected chi connectivity index (χ1v) is 12.7. The minimum Gasteiger partial charge on any atom is -0.322 e. The van der Waals surface area contributed by atoms with Crippen molar-refractivity contribution in [1.29, 1.82) is 5.26 Å². The third kappa shape index (κ3) is 5.00. The third-order valence-corrected chi connectivity index (χ3v) is 7.32. The molecule has 3 aromatic rings. The number of nitrogens with one attached hydrogen (secondary N) is 2. The van der Waals surface area contributed by atoms with E-state index < -0.39 is 5.91 Å². The van der Waals surface area contributed by atoms with Gasteiger partial charge in [-0.25, -0.2) is 0 Å². The second-order valence-electron chi connectivity index (χ2n) is 11.1. The quantitative estimate of drug-likeness (QED) is 0.520. The molecule has 2 unspecified atom stereocenters. The van der Waals surface area contributed by atoms with Crippen molar-refractivity contribution in [2.75, 3.05) is 10.2 Å². The summed E-state index contributed by atoms with van der Waals surface area (Å²) in [6, 6.07) is 17.2. The topological polar surface area (TPSA) is 103 Å². The lowest BCUT2D eigenvalue weighted by Gasteiger charge is -2.34. The van der Waals surface area contributed by atoms with Crippen LogP contribution >= 0.6 is 0 Å². The lowest BCUT2D eigenvalue weighted by molar-refractivity contribution is 0.0933. The van der Waals surface area contributed by atoms with Gasteiger partial charge < -0.3 is 15.5 Å². The van der Waals surface area contributed by atoms with E-state index in [-0.39, 0.29) is 23.2 Å². The number of rotatable bonds is 6. The van der Waals surface area contributed by atoms with E-state index in [9.17, 15) is 9.59 Å². The Morgan fingerprint density at radius 2 is 1.95 bits per heavy atom. The Kier molecular flexibility index (Phi) is 6.34. The largest absolute Gasteiger partial charge is 0.322 e. The summed E-state index contributed by atoms with van der Waals surface area (Å²) < 4.78 is 1.60. The highest BCUT2D eigenvalue weighted by atomic mass is 16.2. The molecular formula is C29H32N6O2. The maximum Gasteiger partial charge on any atom is 0.277 e. The van der Waals surface area contributed by atoms with E-state index in [1.54, 1.807) is 33.8 Å². The number of carbonyl (C=O) groups excluding carboxylic acids is 2. The predicted molar refractivity (Wildman–Crippen MR) is 142 cm³/mol. The van der Waals surface area contributed by atoms with Crippen molar-refractivity contribution >= 4 is 23.2 Å². The van der Waals surface area contributed by atoms with Gasteiger partial charge in [0.15, 0.2) is 0 Å². The average molecular weight is 497 g/mol. The van der Waals surface area contributed by atoms with Gasteiger partial charge in [-0.05, 0) is 60.6 Å². The summed E-state index contributed by atoms with van der Waals surface area (Å²) in [6.07, 6.45) is 2.65. The Morgan fingerprint density at radius 3 is 2.62 bits per heavy atom. The van der Waals surface area contributed by atoms with Crippen molar-refractivity contribution in [2.45, 2.75) is 59.3 Å². The molecule has 2 N–H and O–H groups in total. The van der Waals surface area contributed by atoms with Crippen LogP contribution in [0.4, 0.5) is 11.4 Å². The van der Waals surface area contributed by atoms with Crippen LogP contribution < -0.4 is 15.5 Å². The fraction of sp³-hybridized carbons (Fsp3) is 0.379. The van der Waals surface area contributed by atoms with E-state index in [2.05, 4.69) is 54.7 Å². The summed E-state index contributed by atoms with van der Waals surface area (Å²) in [5.41, 5.74) is 3.70. The van der Waals surface area contributed by atoms with Crippen LogP contribution in [0.5, 0.6) is 0 Å². The minimum atomic E-state index is -0.436. The Labute approximate surface area is 217 Å². The molecule has 0 spiro atoms. The van der Waals surface area contributed by atoms with Crippen LogP contribution in [0.25, 0.3) is 0 Å². The van der Waals surface area contributed by atoms with Crippen LogP contribution in [-0.2, 0) is 13.1 Å². The highest BCUT2D eigenvalue weighted by Crippen LogP contribution is 2.45. The number of nitrogens with zero attached hydrogens (tertiary/aromatic N) is 4. The van der Waals surface area contributed by atoms with Crippen molar-refractivity contribution in [1.82, 2.24) is 15.1 Å². The van der Waals surface area contributed by atoms with Crippen LogP contribution in [0, 0.1) is 22.7 Å². The molecular weight excluding hydrogens is 464 g/mol. The molecule has 1 aliphatic heterocycles. The minimum absolute atomic E-state index is 0.119. The molecule has 190 valence electrons. The average Bonchev–Trinajstić information content (AvgIpc) is 3.54. The molecule has 1 saturated carbocycles. The molecule has 0 radical (unpaired) electrons. The Bertz CT molecular complexity index is 1380. The molecule has 2 heterocycles. The summed E-state index contributed by atoms with van der Waals surface area (Å²) in [4.78, 5) is 28.4. The van der Waals surface area contributed by atoms with Gasteiger partial charge >= 0.3 is 0 Å². The van der Waals surface area contributed by atoms with Gasteiger partial charge in [-0.1, -0.05) is 39.0 Å². The standard InChI is InChI=1S/C29H32N6O2/c1-18-17-34-26(23(16-32-34)27(36)33-21-7-5-6-20(12-21)14-30)28(37)35(18)22-10-8-19(9-11-22)15-31-25-13-24(25)29(2,3)4/h5-12,16,18,24-25,31H,13,15,17H2,1-4H3,(H,33,36)/t18-,24?,25?/m0/s1. The number of carbonyl (C=O) groups is 2. The summed E-state index contributed by atoms with van der Waals surface area (Å²) in [5, 5.41) is 19.9. The zero-order chi connectivity index (χ0) is 26.3. The lowest BCUT2D eigenvalue weighted by atomic mass is 9.90. The number of hydrogen-bond acceptors (Lipinski definition) is 5. The monoisotopic (exact) mass is 496 g/mol. The first-order valence-electron chi connectivity index (χ1n) is 12.7.